The number of likely N-dealkylation sites (tertiary alicyclic amines) is 1. The van der Waals surface area contributed by atoms with Gasteiger partial charge in [-0.25, -0.2) is 0 Å². The van der Waals surface area contributed by atoms with E-state index in [1.165, 1.54) is 0 Å². The lowest BCUT2D eigenvalue weighted by atomic mass is 9.89. The first-order chi connectivity index (χ1) is 8.50. The van der Waals surface area contributed by atoms with Crippen molar-refractivity contribution < 1.29 is 14.7 Å². The molecule has 4 unspecified atom stereocenters. The van der Waals surface area contributed by atoms with Gasteiger partial charge in [-0.3, -0.25) is 9.59 Å². The van der Waals surface area contributed by atoms with E-state index in [1.807, 2.05) is 11.8 Å². The zero-order valence-electron chi connectivity index (χ0n) is 11.1. The fourth-order valence-corrected chi connectivity index (χ4v) is 3.08. The molecule has 0 saturated carbocycles. The lowest BCUT2D eigenvalue weighted by molar-refractivity contribution is -0.149. The van der Waals surface area contributed by atoms with Gasteiger partial charge in [0.2, 0.25) is 5.91 Å². The first-order valence-corrected chi connectivity index (χ1v) is 6.74. The number of rotatable bonds is 2. The minimum absolute atomic E-state index is 0.0418. The molecule has 5 nitrogen and oxygen atoms in total. The van der Waals surface area contributed by atoms with E-state index in [0.717, 1.165) is 13.1 Å². The molecular weight excluding hydrogens is 232 g/mol. The number of carbonyl (C=O) groups is 2. The third-order valence-electron chi connectivity index (χ3n) is 4.34. The standard InChI is InChI=1S/C13H22N2O3/c1-8-6-14-7-11(8)12(16)15-4-3-10(13(17)18)5-9(15)2/h8-11,14H,3-7H2,1-2H3,(H,17,18). The highest BCUT2D eigenvalue weighted by Gasteiger charge is 2.38. The van der Waals surface area contributed by atoms with Gasteiger partial charge >= 0.3 is 5.97 Å². The summed E-state index contributed by atoms with van der Waals surface area (Å²) in [6.45, 7) is 6.29. The first-order valence-electron chi connectivity index (χ1n) is 6.74. The van der Waals surface area contributed by atoms with E-state index in [9.17, 15) is 9.59 Å². The second-order valence-electron chi connectivity index (χ2n) is 5.68. The summed E-state index contributed by atoms with van der Waals surface area (Å²) < 4.78 is 0. The quantitative estimate of drug-likeness (QED) is 0.755. The van der Waals surface area contributed by atoms with Crippen LogP contribution in [0.1, 0.15) is 26.7 Å². The number of carboxylic acid groups (broad SMARTS) is 1. The highest BCUT2D eigenvalue weighted by Crippen LogP contribution is 2.27. The van der Waals surface area contributed by atoms with E-state index in [-0.39, 0.29) is 23.8 Å². The number of aliphatic carboxylic acids is 1. The molecule has 2 fully saturated rings. The summed E-state index contributed by atoms with van der Waals surface area (Å²) >= 11 is 0. The molecule has 1 amide bonds. The van der Waals surface area contributed by atoms with Gasteiger partial charge in [0.1, 0.15) is 0 Å². The fourth-order valence-electron chi connectivity index (χ4n) is 3.08. The van der Waals surface area contributed by atoms with Crippen molar-refractivity contribution in [2.75, 3.05) is 19.6 Å². The van der Waals surface area contributed by atoms with E-state index in [1.54, 1.807) is 0 Å². The molecule has 4 atom stereocenters. The molecule has 102 valence electrons. The van der Waals surface area contributed by atoms with Crippen LogP contribution in [0.25, 0.3) is 0 Å². The molecule has 2 rings (SSSR count). The van der Waals surface area contributed by atoms with Crippen molar-refractivity contribution in [3.8, 4) is 0 Å². The SMILES string of the molecule is CC1CNCC1C(=O)N1CCC(C(=O)O)CC1C. The molecule has 2 heterocycles. The molecule has 2 N–H and O–H groups in total. The molecule has 0 bridgehead atoms. The monoisotopic (exact) mass is 254 g/mol. The zero-order chi connectivity index (χ0) is 13.3. The van der Waals surface area contributed by atoms with Gasteiger partial charge in [0.05, 0.1) is 11.8 Å². The van der Waals surface area contributed by atoms with E-state index < -0.39 is 5.97 Å². The van der Waals surface area contributed by atoms with Crippen LogP contribution >= 0.6 is 0 Å². The number of amides is 1. The summed E-state index contributed by atoms with van der Waals surface area (Å²) in [4.78, 5) is 25.3. The number of carbonyl (C=O) groups excluding carboxylic acids is 1. The summed E-state index contributed by atoms with van der Waals surface area (Å²) in [7, 11) is 0. The Labute approximate surface area is 108 Å². The van der Waals surface area contributed by atoms with Gasteiger partial charge in [0.25, 0.3) is 0 Å². The lowest BCUT2D eigenvalue weighted by Crippen LogP contribution is -2.49. The number of piperidine rings is 1. The number of carboxylic acids is 1. The molecule has 0 aromatic heterocycles. The number of nitrogens with one attached hydrogen (secondary N) is 1. The normalized spacial score (nSPS) is 36.7. The summed E-state index contributed by atoms with van der Waals surface area (Å²) in [5.41, 5.74) is 0. The Kier molecular flexibility index (Phi) is 3.90. The molecule has 0 radical (unpaired) electrons. The van der Waals surface area contributed by atoms with Gasteiger partial charge in [-0.05, 0) is 32.2 Å². The van der Waals surface area contributed by atoms with Crippen LogP contribution in [0.5, 0.6) is 0 Å². The van der Waals surface area contributed by atoms with Gasteiger partial charge in [-0.15, -0.1) is 0 Å². The van der Waals surface area contributed by atoms with Crippen LogP contribution in [0.3, 0.4) is 0 Å². The van der Waals surface area contributed by atoms with Gasteiger partial charge in [0, 0.05) is 19.1 Å². The molecule has 0 spiro atoms. The maximum Gasteiger partial charge on any atom is 0.306 e. The Morgan fingerprint density at radius 1 is 1.28 bits per heavy atom. The average molecular weight is 254 g/mol. The molecule has 5 heteroatoms. The van der Waals surface area contributed by atoms with Crippen LogP contribution in [0.15, 0.2) is 0 Å². The predicted molar refractivity (Wildman–Crippen MR) is 67.1 cm³/mol. The van der Waals surface area contributed by atoms with E-state index in [0.29, 0.717) is 25.3 Å². The van der Waals surface area contributed by atoms with Crippen molar-refractivity contribution in [1.29, 1.82) is 0 Å². The van der Waals surface area contributed by atoms with Crippen LogP contribution in [-0.2, 0) is 9.59 Å². The van der Waals surface area contributed by atoms with Crippen molar-refractivity contribution in [2.24, 2.45) is 17.8 Å². The Morgan fingerprint density at radius 2 is 2.00 bits per heavy atom. The fraction of sp³-hybridized carbons (Fsp3) is 0.846. The average Bonchev–Trinajstić information content (AvgIpc) is 2.74. The summed E-state index contributed by atoms with van der Waals surface area (Å²) in [6, 6.07) is 0.0418. The van der Waals surface area contributed by atoms with Crippen molar-refractivity contribution in [1.82, 2.24) is 10.2 Å². The van der Waals surface area contributed by atoms with Gasteiger partial charge in [-0.2, -0.15) is 0 Å². The van der Waals surface area contributed by atoms with E-state index >= 15 is 0 Å². The van der Waals surface area contributed by atoms with Gasteiger partial charge in [-0.1, -0.05) is 6.92 Å². The highest BCUT2D eigenvalue weighted by atomic mass is 16.4. The summed E-state index contributed by atoms with van der Waals surface area (Å²) in [5, 5.41) is 12.3. The number of hydrogen-bond donors (Lipinski definition) is 2. The van der Waals surface area contributed by atoms with Crippen molar-refractivity contribution >= 4 is 11.9 Å². The second kappa shape index (κ2) is 5.26. The molecule has 2 saturated heterocycles. The number of nitrogens with zero attached hydrogens (tertiary/aromatic N) is 1. The van der Waals surface area contributed by atoms with Crippen molar-refractivity contribution in [3.63, 3.8) is 0 Å². The van der Waals surface area contributed by atoms with Crippen LogP contribution in [0, 0.1) is 17.8 Å². The molecule has 18 heavy (non-hydrogen) atoms. The Hall–Kier alpha value is -1.10. The molecule has 2 aliphatic rings. The summed E-state index contributed by atoms with van der Waals surface area (Å²) in [5.74, 6) is -0.382. The number of hydrogen-bond acceptors (Lipinski definition) is 3. The topological polar surface area (TPSA) is 69.6 Å². The minimum atomic E-state index is -0.732. The molecule has 0 aromatic rings. The maximum absolute atomic E-state index is 12.4. The van der Waals surface area contributed by atoms with E-state index in [2.05, 4.69) is 12.2 Å². The molecule has 0 aliphatic carbocycles. The minimum Gasteiger partial charge on any atom is -0.481 e. The van der Waals surface area contributed by atoms with Crippen LogP contribution in [0.4, 0.5) is 0 Å². The van der Waals surface area contributed by atoms with Crippen LogP contribution in [0.2, 0.25) is 0 Å². The predicted octanol–water partition coefficient (Wildman–Crippen LogP) is 0.554. The second-order valence-corrected chi connectivity index (χ2v) is 5.68. The molecule has 0 aromatic carbocycles. The highest BCUT2D eigenvalue weighted by molar-refractivity contribution is 5.80. The first kappa shape index (κ1) is 13.3. The van der Waals surface area contributed by atoms with Crippen LogP contribution in [-0.4, -0.2) is 47.6 Å². The Bertz CT molecular complexity index is 345. The Balaban J connectivity index is 1.98. The van der Waals surface area contributed by atoms with Crippen molar-refractivity contribution in [2.45, 2.75) is 32.7 Å². The van der Waals surface area contributed by atoms with Gasteiger partial charge in [0.15, 0.2) is 0 Å². The van der Waals surface area contributed by atoms with E-state index in [4.69, 9.17) is 5.11 Å². The maximum atomic E-state index is 12.4. The largest absolute Gasteiger partial charge is 0.481 e. The third kappa shape index (κ3) is 2.51. The van der Waals surface area contributed by atoms with Crippen LogP contribution < -0.4 is 5.32 Å². The molecule has 2 aliphatic heterocycles. The smallest absolute Gasteiger partial charge is 0.306 e. The Morgan fingerprint density at radius 3 is 2.50 bits per heavy atom. The summed E-state index contributed by atoms with van der Waals surface area (Å²) in [6.07, 6.45) is 1.16. The third-order valence-corrected chi connectivity index (χ3v) is 4.34. The molecular formula is C13H22N2O3. The zero-order valence-corrected chi connectivity index (χ0v) is 11.1. The van der Waals surface area contributed by atoms with Crippen molar-refractivity contribution in [3.05, 3.63) is 0 Å². The lowest BCUT2D eigenvalue weighted by Gasteiger charge is -2.38. The van der Waals surface area contributed by atoms with Gasteiger partial charge < -0.3 is 15.3 Å².